The summed E-state index contributed by atoms with van der Waals surface area (Å²) in [4.78, 5) is 38.7. The average molecular weight is 348 g/mol. The molecule has 1 atom stereocenters. The number of anilines is 2. The molecule has 1 aliphatic heterocycles. The molecule has 8 nitrogen and oxygen atoms in total. The van der Waals surface area contributed by atoms with Crippen LogP contribution in [0.4, 0.5) is 11.4 Å². The second-order valence-corrected chi connectivity index (χ2v) is 6.20. The zero-order valence-corrected chi connectivity index (χ0v) is 14.5. The number of nitrogens with zero attached hydrogens (tertiary/aromatic N) is 2. The highest BCUT2D eigenvalue weighted by molar-refractivity contribution is 5.94. The molecule has 1 fully saturated rings. The number of nitrogens with one attached hydrogen (secondary N) is 2. The molecule has 0 aromatic heterocycles. The number of hydrogen-bond acceptors (Lipinski definition) is 5. The monoisotopic (exact) mass is 348 g/mol. The molecule has 1 saturated heterocycles. The largest absolute Gasteiger partial charge is 0.480 e. The van der Waals surface area contributed by atoms with E-state index < -0.39 is 12.0 Å². The standard InChI is InChI=1S/C17H24N4O4/c1-12(22)18-13-3-5-14(6-4-13)19-16(23)11-15(17(24)25)21-9-7-20(2)8-10-21/h3-6,15H,7-11H2,1-2H3,(H,18,22)(H,19,23)(H,24,25). The van der Waals surface area contributed by atoms with Gasteiger partial charge in [0, 0.05) is 44.5 Å². The first kappa shape index (κ1) is 18.9. The van der Waals surface area contributed by atoms with Crippen molar-refractivity contribution in [3.05, 3.63) is 24.3 Å². The van der Waals surface area contributed by atoms with E-state index in [1.807, 2.05) is 11.9 Å². The molecule has 1 aromatic rings. The summed E-state index contributed by atoms with van der Waals surface area (Å²) in [5.41, 5.74) is 1.19. The summed E-state index contributed by atoms with van der Waals surface area (Å²) in [5.74, 6) is -1.51. The van der Waals surface area contributed by atoms with Crippen molar-refractivity contribution < 1.29 is 19.5 Å². The molecule has 2 rings (SSSR count). The second-order valence-electron chi connectivity index (χ2n) is 6.20. The van der Waals surface area contributed by atoms with E-state index in [9.17, 15) is 19.5 Å². The maximum atomic E-state index is 12.2. The van der Waals surface area contributed by atoms with E-state index in [0.717, 1.165) is 13.1 Å². The van der Waals surface area contributed by atoms with E-state index in [2.05, 4.69) is 15.5 Å². The van der Waals surface area contributed by atoms with Gasteiger partial charge in [0.25, 0.3) is 0 Å². The smallest absolute Gasteiger partial charge is 0.321 e. The molecule has 0 spiro atoms. The number of carbonyl (C=O) groups excluding carboxylic acids is 2. The summed E-state index contributed by atoms with van der Waals surface area (Å²) in [5, 5.41) is 14.8. The van der Waals surface area contributed by atoms with E-state index in [-0.39, 0.29) is 18.2 Å². The molecule has 8 heteroatoms. The number of amides is 2. The summed E-state index contributed by atoms with van der Waals surface area (Å²) in [6, 6.07) is 5.84. The minimum Gasteiger partial charge on any atom is -0.480 e. The van der Waals surface area contributed by atoms with Crippen molar-refractivity contribution in [1.29, 1.82) is 0 Å². The molecule has 0 aliphatic carbocycles. The molecule has 1 unspecified atom stereocenters. The topological polar surface area (TPSA) is 102 Å². The third kappa shape index (κ3) is 5.84. The highest BCUT2D eigenvalue weighted by Crippen LogP contribution is 2.15. The van der Waals surface area contributed by atoms with E-state index in [1.165, 1.54) is 6.92 Å². The van der Waals surface area contributed by atoms with E-state index in [4.69, 9.17) is 0 Å². The lowest BCUT2D eigenvalue weighted by Crippen LogP contribution is -2.52. The van der Waals surface area contributed by atoms with Gasteiger partial charge in [0.2, 0.25) is 11.8 Å². The van der Waals surface area contributed by atoms with Crippen molar-refractivity contribution in [2.45, 2.75) is 19.4 Å². The minimum atomic E-state index is -0.985. The molecule has 3 N–H and O–H groups in total. The maximum Gasteiger partial charge on any atom is 0.321 e. The van der Waals surface area contributed by atoms with E-state index >= 15 is 0 Å². The number of likely N-dealkylation sites (N-methyl/N-ethyl adjacent to an activating group) is 1. The van der Waals surface area contributed by atoms with Gasteiger partial charge in [-0.15, -0.1) is 0 Å². The van der Waals surface area contributed by atoms with Crippen LogP contribution in [0.15, 0.2) is 24.3 Å². The quantitative estimate of drug-likeness (QED) is 0.699. The van der Waals surface area contributed by atoms with Gasteiger partial charge in [-0.2, -0.15) is 0 Å². The van der Waals surface area contributed by atoms with Crippen molar-refractivity contribution in [3.8, 4) is 0 Å². The van der Waals surface area contributed by atoms with Crippen LogP contribution in [0.2, 0.25) is 0 Å². The minimum absolute atomic E-state index is 0.105. The van der Waals surface area contributed by atoms with Crippen LogP contribution in [-0.2, 0) is 14.4 Å². The number of aliphatic carboxylic acids is 1. The maximum absolute atomic E-state index is 12.2. The van der Waals surface area contributed by atoms with Crippen LogP contribution in [0.25, 0.3) is 0 Å². The Bertz CT molecular complexity index is 624. The summed E-state index contributed by atoms with van der Waals surface area (Å²) in [6.07, 6.45) is -0.105. The van der Waals surface area contributed by atoms with Crippen LogP contribution < -0.4 is 10.6 Å². The van der Waals surface area contributed by atoms with E-state index in [0.29, 0.717) is 24.5 Å². The van der Waals surface area contributed by atoms with Gasteiger partial charge in [0.1, 0.15) is 6.04 Å². The number of carbonyl (C=O) groups is 3. The van der Waals surface area contributed by atoms with Crippen LogP contribution in [0.1, 0.15) is 13.3 Å². The van der Waals surface area contributed by atoms with Crippen LogP contribution in [0.5, 0.6) is 0 Å². The lowest BCUT2D eigenvalue weighted by Gasteiger charge is -2.35. The first-order chi connectivity index (χ1) is 11.8. The normalized spacial score (nSPS) is 16.9. The van der Waals surface area contributed by atoms with E-state index in [1.54, 1.807) is 24.3 Å². The van der Waals surface area contributed by atoms with Crippen molar-refractivity contribution in [2.24, 2.45) is 0 Å². The van der Waals surface area contributed by atoms with Crippen LogP contribution in [0, 0.1) is 0 Å². The van der Waals surface area contributed by atoms with Crippen LogP contribution in [0.3, 0.4) is 0 Å². The summed E-state index contributed by atoms with van der Waals surface area (Å²) in [7, 11) is 1.99. The van der Waals surface area contributed by atoms with Gasteiger partial charge in [-0.25, -0.2) is 0 Å². The SMILES string of the molecule is CC(=O)Nc1ccc(NC(=O)CC(C(=O)O)N2CCN(C)CC2)cc1. The van der Waals surface area contributed by atoms with Crippen LogP contribution in [-0.4, -0.2) is 72.0 Å². The lowest BCUT2D eigenvalue weighted by molar-refractivity contribution is -0.145. The molecule has 136 valence electrons. The molecule has 1 aliphatic rings. The molecule has 0 saturated carbocycles. The lowest BCUT2D eigenvalue weighted by atomic mass is 10.1. The van der Waals surface area contributed by atoms with Crippen molar-refractivity contribution in [1.82, 2.24) is 9.80 Å². The first-order valence-electron chi connectivity index (χ1n) is 8.18. The molecule has 0 bridgehead atoms. The van der Waals surface area contributed by atoms with Gasteiger partial charge < -0.3 is 20.6 Å². The average Bonchev–Trinajstić information content (AvgIpc) is 2.55. The predicted octanol–water partition coefficient (Wildman–Crippen LogP) is 0.674. The third-order valence-corrected chi connectivity index (χ3v) is 4.13. The molecule has 1 aromatic carbocycles. The molecule has 0 radical (unpaired) electrons. The summed E-state index contributed by atoms with van der Waals surface area (Å²) < 4.78 is 0. The molecule has 1 heterocycles. The number of carboxylic acid groups (broad SMARTS) is 1. The highest BCUT2D eigenvalue weighted by Gasteiger charge is 2.30. The fourth-order valence-electron chi connectivity index (χ4n) is 2.73. The molecular formula is C17H24N4O4. The Hall–Kier alpha value is -2.45. The number of benzene rings is 1. The zero-order chi connectivity index (χ0) is 18.4. The summed E-state index contributed by atoms with van der Waals surface area (Å²) >= 11 is 0. The van der Waals surface area contributed by atoms with Crippen molar-refractivity contribution in [2.75, 3.05) is 43.9 Å². The summed E-state index contributed by atoms with van der Waals surface area (Å²) in [6.45, 7) is 4.25. The Balaban J connectivity index is 1.92. The Labute approximate surface area is 146 Å². The Kier molecular flexibility index (Phi) is 6.49. The molecule has 25 heavy (non-hydrogen) atoms. The first-order valence-corrected chi connectivity index (χ1v) is 8.18. The molecular weight excluding hydrogens is 324 g/mol. The second kappa shape index (κ2) is 8.59. The van der Waals surface area contributed by atoms with Crippen LogP contribution >= 0.6 is 0 Å². The van der Waals surface area contributed by atoms with Crippen molar-refractivity contribution in [3.63, 3.8) is 0 Å². The Morgan fingerprint density at radius 1 is 1.04 bits per heavy atom. The van der Waals surface area contributed by atoms with Gasteiger partial charge in [-0.05, 0) is 31.3 Å². The van der Waals surface area contributed by atoms with Gasteiger partial charge in [-0.1, -0.05) is 0 Å². The number of piperazine rings is 1. The molecule has 2 amide bonds. The fourth-order valence-corrected chi connectivity index (χ4v) is 2.73. The Morgan fingerprint density at radius 2 is 1.56 bits per heavy atom. The van der Waals surface area contributed by atoms with Gasteiger partial charge in [0.05, 0.1) is 6.42 Å². The number of hydrogen-bond donors (Lipinski definition) is 3. The fraction of sp³-hybridized carbons (Fsp3) is 0.471. The highest BCUT2D eigenvalue weighted by atomic mass is 16.4. The predicted molar refractivity (Wildman–Crippen MR) is 94.5 cm³/mol. The zero-order valence-electron chi connectivity index (χ0n) is 14.5. The van der Waals surface area contributed by atoms with Gasteiger partial charge in [0.15, 0.2) is 0 Å². The van der Waals surface area contributed by atoms with Gasteiger partial charge in [-0.3, -0.25) is 19.3 Å². The Morgan fingerprint density at radius 3 is 2.04 bits per heavy atom. The van der Waals surface area contributed by atoms with Gasteiger partial charge >= 0.3 is 5.97 Å². The number of rotatable bonds is 6. The van der Waals surface area contributed by atoms with Crippen molar-refractivity contribution >= 4 is 29.2 Å². The third-order valence-electron chi connectivity index (χ3n) is 4.13. The number of carboxylic acids is 1.